The third kappa shape index (κ3) is 4.14. The van der Waals surface area contributed by atoms with Crippen LogP contribution in [-0.4, -0.2) is 12.1 Å². The van der Waals surface area contributed by atoms with Gasteiger partial charge in [-0.25, -0.2) is 4.79 Å². The van der Waals surface area contributed by atoms with Gasteiger partial charge in [-0.15, -0.1) is 0 Å². The van der Waals surface area contributed by atoms with Crippen molar-refractivity contribution in [2.75, 3.05) is 5.32 Å². The lowest BCUT2D eigenvalue weighted by Crippen LogP contribution is -2.35. The number of benzene rings is 1. The van der Waals surface area contributed by atoms with E-state index in [0.29, 0.717) is 0 Å². The summed E-state index contributed by atoms with van der Waals surface area (Å²) in [7, 11) is 0. The van der Waals surface area contributed by atoms with Gasteiger partial charge in [0.1, 0.15) is 0 Å². The maximum absolute atomic E-state index is 11.6. The van der Waals surface area contributed by atoms with Crippen LogP contribution in [0.15, 0.2) is 27.1 Å². The molecule has 1 aromatic rings. The van der Waals surface area contributed by atoms with Crippen molar-refractivity contribution in [2.45, 2.75) is 26.3 Å². The van der Waals surface area contributed by atoms with Crippen molar-refractivity contribution in [1.82, 2.24) is 5.32 Å². The van der Waals surface area contributed by atoms with Crippen LogP contribution in [0.5, 0.6) is 0 Å². The van der Waals surface area contributed by atoms with Gasteiger partial charge >= 0.3 is 6.03 Å². The summed E-state index contributed by atoms with van der Waals surface area (Å²) in [6.07, 6.45) is 0.910. The van der Waals surface area contributed by atoms with Crippen LogP contribution in [0.1, 0.15) is 20.3 Å². The molecule has 0 bridgehead atoms. The van der Waals surface area contributed by atoms with Gasteiger partial charge in [-0.1, -0.05) is 22.9 Å². The summed E-state index contributed by atoms with van der Waals surface area (Å²) in [4.78, 5) is 11.6. The highest BCUT2D eigenvalue weighted by atomic mass is 79.9. The molecule has 88 valence electrons. The largest absolute Gasteiger partial charge is 0.335 e. The quantitative estimate of drug-likeness (QED) is 0.846. The van der Waals surface area contributed by atoms with E-state index < -0.39 is 0 Å². The fraction of sp³-hybridized carbons (Fsp3) is 0.364. The van der Waals surface area contributed by atoms with E-state index in [1.165, 1.54) is 0 Å². The second kappa shape index (κ2) is 6.25. The minimum Gasteiger partial charge on any atom is -0.335 e. The number of anilines is 1. The number of amides is 2. The molecule has 5 heteroatoms. The van der Waals surface area contributed by atoms with Crippen molar-refractivity contribution in [3.63, 3.8) is 0 Å². The lowest BCUT2D eigenvalue weighted by molar-refractivity contribution is 0.249. The molecule has 2 N–H and O–H groups in total. The molecule has 1 rings (SSSR count). The van der Waals surface area contributed by atoms with Crippen LogP contribution >= 0.6 is 31.9 Å². The monoisotopic (exact) mass is 348 g/mol. The van der Waals surface area contributed by atoms with Crippen molar-refractivity contribution in [1.29, 1.82) is 0 Å². The van der Waals surface area contributed by atoms with Gasteiger partial charge in [0.15, 0.2) is 0 Å². The third-order valence-electron chi connectivity index (χ3n) is 2.17. The molecule has 0 aromatic heterocycles. The maximum atomic E-state index is 11.6. The zero-order valence-corrected chi connectivity index (χ0v) is 12.4. The molecule has 2 amide bonds. The second-order valence-electron chi connectivity index (χ2n) is 3.53. The molecule has 0 aliphatic rings. The molecule has 0 heterocycles. The summed E-state index contributed by atoms with van der Waals surface area (Å²) in [5.41, 5.74) is 0.746. The highest BCUT2D eigenvalue weighted by Crippen LogP contribution is 2.25. The summed E-state index contributed by atoms with van der Waals surface area (Å²) in [5, 5.41) is 5.63. The van der Waals surface area contributed by atoms with E-state index in [0.717, 1.165) is 21.1 Å². The lowest BCUT2D eigenvalue weighted by Gasteiger charge is -2.13. The topological polar surface area (TPSA) is 41.1 Å². The van der Waals surface area contributed by atoms with E-state index in [2.05, 4.69) is 42.5 Å². The Morgan fingerprint density at radius 3 is 2.75 bits per heavy atom. The summed E-state index contributed by atoms with van der Waals surface area (Å²) in [6, 6.07) is 5.62. The van der Waals surface area contributed by atoms with Gasteiger partial charge in [-0.05, 0) is 47.5 Å². The molecule has 0 fully saturated rings. The molecule has 1 aromatic carbocycles. The van der Waals surface area contributed by atoms with Crippen molar-refractivity contribution in [3.05, 3.63) is 27.1 Å². The van der Waals surface area contributed by atoms with Crippen LogP contribution in [0.2, 0.25) is 0 Å². The Kier molecular flexibility index (Phi) is 5.28. The first kappa shape index (κ1) is 13.5. The van der Waals surface area contributed by atoms with Gasteiger partial charge in [0.05, 0.1) is 5.69 Å². The number of hydrogen-bond donors (Lipinski definition) is 2. The van der Waals surface area contributed by atoms with E-state index in [1.54, 1.807) is 0 Å². The van der Waals surface area contributed by atoms with Crippen LogP contribution in [0.3, 0.4) is 0 Å². The van der Waals surface area contributed by atoms with Gasteiger partial charge in [-0.2, -0.15) is 0 Å². The lowest BCUT2D eigenvalue weighted by atomic mass is 10.3. The molecule has 0 saturated carbocycles. The molecular formula is C11H14Br2N2O. The van der Waals surface area contributed by atoms with E-state index in [9.17, 15) is 4.79 Å². The number of nitrogens with one attached hydrogen (secondary N) is 2. The minimum atomic E-state index is -0.187. The number of urea groups is 1. The number of hydrogen-bond acceptors (Lipinski definition) is 1. The normalized spacial score (nSPS) is 12.0. The Hall–Kier alpha value is -0.550. The minimum absolute atomic E-state index is 0.172. The third-order valence-corrected chi connectivity index (χ3v) is 3.35. The Labute approximate surface area is 112 Å². The molecule has 0 saturated heterocycles. The predicted molar refractivity (Wildman–Crippen MR) is 73.7 cm³/mol. The number of carbonyl (C=O) groups excluding carboxylic acids is 1. The second-order valence-corrected chi connectivity index (χ2v) is 5.30. The summed E-state index contributed by atoms with van der Waals surface area (Å²) in [6.45, 7) is 4.00. The summed E-state index contributed by atoms with van der Waals surface area (Å²) in [5.74, 6) is 0. The van der Waals surface area contributed by atoms with Crippen molar-refractivity contribution in [2.24, 2.45) is 0 Å². The fourth-order valence-corrected chi connectivity index (χ4v) is 1.78. The van der Waals surface area contributed by atoms with Crippen LogP contribution in [0.25, 0.3) is 0 Å². The average Bonchev–Trinajstić information content (AvgIpc) is 2.23. The number of rotatable bonds is 3. The highest BCUT2D eigenvalue weighted by molar-refractivity contribution is 9.11. The molecule has 3 nitrogen and oxygen atoms in total. The van der Waals surface area contributed by atoms with Crippen molar-refractivity contribution < 1.29 is 4.79 Å². The van der Waals surface area contributed by atoms with Crippen molar-refractivity contribution >= 4 is 43.6 Å². The first-order valence-corrected chi connectivity index (χ1v) is 6.64. The molecule has 0 radical (unpaired) electrons. The maximum Gasteiger partial charge on any atom is 0.319 e. The molecule has 1 atom stereocenters. The van der Waals surface area contributed by atoms with E-state index in [-0.39, 0.29) is 12.1 Å². The first-order chi connectivity index (χ1) is 7.52. The zero-order chi connectivity index (χ0) is 12.1. The van der Waals surface area contributed by atoms with E-state index >= 15 is 0 Å². The Balaban J connectivity index is 2.65. The molecule has 0 spiro atoms. The van der Waals surface area contributed by atoms with Gasteiger partial charge < -0.3 is 10.6 Å². The highest BCUT2D eigenvalue weighted by Gasteiger charge is 2.07. The van der Waals surface area contributed by atoms with Gasteiger partial charge in [0.25, 0.3) is 0 Å². The van der Waals surface area contributed by atoms with Gasteiger partial charge in [0, 0.05) is 15.0 Å². The molecule has 1 unspecified atom stereocenters. The SMILES string of the molecule is CCC(C)NC(=O)Nc1cc(Br)ccc1Br. The zero-order valence-electron chi connectivity index (χ0n) is 9.18. The summed E-state index contributed by atoms with van der Waals surface area (Å²) < 4.78 is 1.78. The Bertz CT molecular complexity index is 382. The van der Waals surface area contributed by atoms with Crippen LogP contribution in [0, 0.1) is 0 Å². The van der Waals surface area contributed by atoms with Gasteiger partial charge in [0.2, 0.25) is 0 Å². The smallest absolute Gasteiger partial charge is 0.319 e. The molecule has 0 aliphatic heterocycles. The van der Waals surface area contributed by atoms with Crippen molar-refractivity contribution in [3.8, 4) is 0 Å². The predicted octanol–water partition coefficient (Wildman–Crippen LogP) is 4.13. The summed E-state index contributed by atoms with van der Waals surface area (Å²) >= 11 is 6.74. The molecule has 16 heavy (non-hydrogen) atoms. The standard InChI is InChI=1S/C11H14Br2N2O/c1-3-7(2)14-11(16)15-10-6-8(12)4-5-9(10)13/h4-7H,3H2,1-2H3,(H2,14,15,16). The molecule has 0 aliphatic carbocycles. The Morgan fingerprint density at radius 2 is 2.12 bits per heavy atom. The van der Waals surface area contributed by atoms with Gasteiger partial charge in [-0.3, -0.25) is 0 Å². The fourth-order valence-electron chi connectivity index (χ4n) is 1.08. The number of halogens is 2. The number of carbonyl (C=O) groups is 1. The van der Waals surface area contributed by atoms with Crippen LogP contribution in [0.4, 0.5) is 10.5 Å². The average molecular weight is 350 g/mol. The van der Waals surface area contributed by atoms with Crippen LogP contribution in [-0.2, 0) is 0 Å². The Morgan fingerprint density at radius 1 is 1.44 bits per heavy atom. The van der Waals surface area contributed by atoms with E-state index in [1.807, 2.05) is 32.0 Å². The van der Waals surface area contributed by atoms with Crippen LogP contribution < -0.4 is 10.6 Å². The first-order valence-electron chi connectivity index (χ1n) is 5.05. The van der Waals surface area contributed by atoms with E-state index in [4.69, 9.17) is 0 Å². The molecular weight excluding hydrogens is 336 g/mol.